The van der Waals surface area contributed by atoms with Crippen LogP contribution >= 0.6 is 12.4 Å². The van der Waals surface area contributed by atoms with Crippen molar-refractivity contribution in [2.24, 2.45) is 0 Å². The van der Waals surface area contributed by atoms with Crippen LogP contribution in [0.15, 0.2) is 12.1 Å². The zero-order valence-electron chi connectivity index (χ0n) is 13.3. The third-order valence-electron chi connectivity index (χ3n) is 4.78. The quantitative estimate of drug-likeness (QED) is 0.873. The van der Waals surface area contributed by atoms with E-state index in [0.29, 0.717) is 31.3 Å². The molecule has 1 spiro atoms. The van der Waals surface area contributed by atoms with Gasteiger partial charge in [-0.3, -0.25) is 10.1 Å². The number of benzene rings is 1. The molecule has 6 nitrogen and oxygen atoms in total. The highest BCUT2D eigenvalue weighted by Gasteiger charge is 2.43. The molecule has 0 bridgehead atoms. The number of fused-ring (bicyclic) bond motifs is 2. The molecule has 7 heteroatoms. The van der Waals surface area contributed by atoms with Gasteiger partial charge in [0.1, 0.15) is 6.04 Å². The Hall–Kier alpha value is -1.50. The normalized spacial score (nSPS) is 21.9. The number of hydrogen-bond donors (Lipinski definition) is 2. The Morgan fingerprint density at radius 3 is 2.43 bits per heavy atom. The van der Waals surface area contributed by atoms with Crippen LogP contribution in [0.2, 0.25) is 0 Å². The first-order chi connectivity index (χ1) is 10.6. The van der Waals surface area contributed by atoms with Crippen molar-refractivity contribution in [1.29, 1.82) is 0 Å². The van der Waals surface area contributed by atoms with E-state index in [9.17, 15) is 9.90 Å². The van der Waals surface area contributed by atoms with Gasteiger partial charge < -0.3 is 19.3 Å². The monoisotopic (exact) mass is 343 g/mol. The Labute approximate surface area is 141 Å². The molecule has 1 aromatic carbocycles. The predicted molar refractivity (Wildman–Crippen MR) is 86.9 cm³/mol. The van der Waals surface area contributed by atoms with Crippen molar-refractivity contribution >= 4 is 18.4 Å². The minimum absolute atomic E-state index is 0. The van der Waals surface area contributed by atoms with Crippen LogP contribution in [0.4, 0.5) is 0 Å². The molecular formula is C16H22ClNO5. The van der Waals surface area contributed by atoms with E-state index in [1.165, 1.54) is 0 Å². The number of carbonyl (C=O) groups is 1. The van der Waals surface area contributed by atoms with Crippen LogP contribution < -0.4 is 14.8 Å². The number of carboxylic acid groups (broad SMARTS) is 1. The smallest absolute Gasteiger partial charge is 0.325 e. The van der Waals surface area contributed by atoms with E-state index >= 15 is 0 Å². The van der Waals surface area contributed by atoms with E-state index in [-0.39, 0.29) is 17.8 Å². The minimum Gasteiger partial charge on any atom is -0.493 e. The van der Waals surface area contributed by atoms with Gasteiger partial charge in [-0.2, -0.15) is 0 Å². The van der Waals surface area contributed by atoms with Gasteiger partial charge in [0, 0.05) is 25.2 Å². The number of methoxy groups -OCH3 is 2. The third-order valence-corrected chi connectivity index (χ3v) is 4.78. The highest BCUT2D eigenvalue weighted by atomic mass is 35.5. The summed E-state index contributed by atoms with van der Waals surface area (Å²) in [4.78, 5) is 11.6. The minimum atomic E-state index is -0.879. The number of hydrogen-bond acceptors (Lipinski definition) is 5. The lowest BCUT2D eigenvalue weighted by atomic mass is 9.69. The predicted octanol–water partition coefficient (Wildman–Crippen LogP) is 1.90. The number of ether oxygens (including phenoxy) is 3. The summed E-state index contributed by atoms with van der Waals surface area (Å²) in [6.07, 6.45) is 1.74. The Morgan fingerprint density at radius 1 is 1.26 bits per heavy atom. The maximum Gasteiger partial charge on any atom is 0.325 e. The average molecular weight is 344 g/mol. The van der Waals surface area contributed by atoms with Crippen molar-refractivity contribution in [2.45, 2.75) is 24.3 Å². The summed E-state index contributed by atoms with van der Waals surface area (Å²) in [6, 6.07) is 3.01. The molecule has 2 aliphatic heterocycles. The summed E-state index contributed by atoms with van der Waals surface area (Å²) in [7, 11) is 3.15. The van der Waals surface area contributed by atoms with Crippen molar-refractivity contribution in [3.63, 3.8) is 0 Å². The van der Waals surface area contributed by atoms with Gasteiger partial charge in [0.05, 0.1) is 14.2 Å². The molecule has 1 saturated heterocycles. The second kappa shape index (κ2) is 6.95. The van der Waals surface area contributed by atoms with Crippen LogP contribution in [0.1, 0.15) is 30.0 Å². The molecule has 1 fully saturated rings. The molecule has 0 aliphatic carbocycles. The molecule has 128 valence electrons. The molecule has 1 atom stereocenters. The second-order valence-electron chi connectivity index (χ2n) is 5.84. The summed E-state index contributed by atoms with van der Waals surface area (Å²) in [5.74, 6) is 0.312. The van der Waals surface area contributed by atoms with E-state index in [4.69, 9.17) is 14.2 Å². The van der Waals surface area contributed by atoms with Crippen LogP contribution in [0.25, 0.3) is 0 Å². The number of nitrogens with one attached hydrogen (secondary N) is 1. The molecule has 0 aromatic heterocycles. The molecule has 0 saturated carbocycles. The van der Waals surface area contributed by atoms with E-state index in [1.54, 1.807) is 20.3 Å². The van der Waals surface area contributed by atoms with Crippen molar-refractivity contribution < 1.29 is 24.1 Å². The van der Waals surface area contributed by atoms with Crippen molar-refractivity contribution in [3.8, 4) is 11.5 Å². The van der Waals surface area contributed by atoms with E-state index in [0.717, 1.165) is 24.0 Å². The number of carboxylic acids is 1. The standard InChI is InChI=1S/C16H21NO5.ClH/c1-20-12-7-10-11(8-13(12)21-2)16(3-5-22-6-4-16)9-17-14(10)15(18)19;/h7-8,14,17H,3-6,9H2,1-2H3,(H,18,19);1H. The number of rotatable bonds is 3. The first-order valence-corrected chi connectivity index (χ1v) is 7.41. The lowest BCUT2D eigenvalue weighted by Crippen LogP contribution is -2.50. The average Bonchev–Trinajstić information content (AvgIpc) is 2.54. The molecule has 0 amide bonds. The zero-order chi connectivity index (χ0) is 15.7. The van der Waals surface area contributed by atoms with Gasteiger partial charge >= 0.3 is 5.97 Å². The van der Waals surface area contributed by atoms with Crippen molar-refractivity contribution in [2.75, 3.05) is 34.0 Å². The Balaban J connectivity index is 0.00000192. The molecule has 0 radical (unpaired) electrons. The van der Waals surface area contributed by atoms with Gasteiger partial charge in [-0.15, -0.1) is 12.4 Å². The fraction of sp³-hybridized carbons (Fsp3) is 0.562. The fourth-order valence-corrected chi connectivity index (χ4v) is 3.52. The lowest BCUT2D eigenvalue weighted by molar-refractivity contribution is -0.140. The first-order valence-electron chi connectivity index (χ1n) is 7.41. The molecular weight excluding hydrogens is 322 g/mol. The van der Waals surface area contributed by atoms with Gasteiger partial charge in [-0.25, -0.2) is 0 Å². The summed E-state index contributed by atoms with van der Waals surface area (Å²) >= 11 is 0. The topological polar surface area (TPSA) is 77.0 Å². The molecule has 2 N–H and O–H groups in total. The fourth-order valence-electron chi connectivity index (χ4n) is 3.52. The van der Waals surface area contributed by atoms with Crippen LogP contribution in [0.3, 0.4) is 0 Å². The molecule has 1 unspecified atom stereocenters. The Kier molecular flexibility index (Phi) is 5.39. The molecule has 1 aromatic rings. The third kappa shape index (κ3) is 2.98. The zero-order valence-corrected chi connectivity index (χ0v) is 14.1. The highest BCUT2D eigenvalue weighted by molar-refractivity contribution is 5.85. The molecule has 2 heterocycles. The van der Waals surface area contributed by atoms with E-state index in [2.05, 4.69) is 5.32 Å². The summed E-state index contributed by atoms with van der Waals surface area (Å²) in [5.41, 5.74) is 1.71. The summed E-state index contributed by atoms with van der Waals surface area (Å²) in [6.45, 7) is 2.01. The van der Waals surface area contributed by atoms with Gasteiger partial charge in [-0.1, -0.05) is 0 Å². The molecule has 23 heavy (non-hydrogen) atoms. The van der Waals surface area contributed by atoms with Crippen molar-refractivity contribution in [1.82, 2.24) is 5.32 Å². The highest BCUT2D eigenvalue weighted by Crippen LogP contribution is 2.45. The van der Waals surface area contributed by atoms with Gasteiger partial charge in [-0.05, 0) is 36.1 Å². The maximum atomic E-state index is 11.6. The SMILES string of the molecule is COc1cc2c(cc1OC)C1(CCOCC1)CNC2C(=O)O.Cl. The van der Waals surface area contributed by atoms with Gasteiger partial charge in [0.2, 0.25) is 0 Å². The van der Waals surface area contributed by atoms with Crippen molar-refractivity contribution in [3.05, 3.63) is 23.3 Å². The maximum absolute atomic E-state index is 11.6. The Morgan fingerprint density at radius 2 is 1.87 bits per heavy atom. The number of halogens is 1. The summed E-state index contributed by atoms with van der Waals surface area (Å²) in [5, 5.41) is 12.7. The molecule has 2 aliphatic rings. The first kappa shape index (κ1) is 17.8. The largest absolute Gasteiger partial charge is 0.493 e. The van der Waals surface area contributed by atoms with Crippen LogP contribution in [-0.4, -0.2) is 45.1 Å². The van der Waals surface area contributed by atoms with Crippen LogP contribution in [0, 0.1) is 0 Å². The summed E-state index contributed by atoms with van der Waals surface area (Å²) < 4.78 is 16.2. The van der Waals surface area contributed by atoms with E-state index in [1.807, 2.05) is 6.07 Å². The lowest BCUT2D eigenvalue weighted by Gasteiger charge is -2.44. The van der Waals surface area contributed by atoms with Gasteiger partial charge in [0.25, 0.3) is 0 Å². The van der Waals surface area contributed by atoms with Crippen LogP contribution in [-0.2, 0) is 14.9 Å². The Bertz CT molecular complexity index is 586. The van der Waals surface area contributed by atoms with E-state index < -0.39 is 12.0 Å². The second-order valence-corrected chi connectivity index (χ2v) is 5.84. The number of aliphatic carboxylic acids is 1. The van der Waals surface area contributed by atoms with Crippen LogP contribution in [0.5, 0.6) is 11.5 Å². The molecule has 3 rings (SSSR count). The van der Waals surface area contributed by atoms with Gasteiger partial charge in [0.15, 0.2) is 11.5 Å².